The van der Waals surface area contributed by atoms with Gasteiger partial charge in [-0.15, -0.1) is 10.1 Å². The second-order valence-electron chi connectivity index (χ2n) is 10.9. The average Bonchev–Trinajstić information content (AvgIpc) is 3.09. The second-order valence-corrected chi connectivity index (χ2v) is 11.4. The normalized spacial score (nSPS) is 14.4. The minimum Gasteiger partial charge on any atom is -0.493 e. The number of carbonyl (C=O) groups excluding carboxylic acids is 2. The van der Waals surface area contributed by atoms with Gasteiger partial charge in [0, 0.05) is 43.8 Å². The molecule has 0 amide bonds. The molecule has 0 spiro atoms. The van der Waals surface area contributed by atoms with E-state index in [1.54, 1.807) is 18.2 Å². The zero-order valence-electron chi connectivity index (χ0n) is 26.8. The zero-order valence-corrected chi connectivity index (χ0v) is 27.6. The summed E-state index contributed by atoms with van der Waals surface area (Å²) in [6.07, 6.45) is 3.61. The molecule has 3 aromatic carbocycles. The average molecular weight is 682 g/mol. The van der Waals surface area contributed by atoms with Gasteiger partial charge in [0.1, 0.15) is 6.61 Å². The Morgan fingerprint density at radius 3 is 2.33 bits per heavy atom. The van der Waals surface area contributed by atoms with Gasteiger partial charge in [-0.25, -0.2) is 9.59 Å². The van der Waals surface area contributed by atoms with Gasteiger partial charge in [0.15, 0.2) is 11.5 Å². The molecule has 0 N–H and O–H groups in total. The number of benzene rings is 3. The Balaban J connectivity index is 1.16. The lowest BCUT2D eigenvalue weighted by molar-refractivity contribution is -0.757. The van der Waals surface area contributed by atoms with Crippen LogP contribution in [0.15, 0.2) is 78.9 Å². The second kappa shape index (κ2) is 19.4. The van der Waals surface area contributed by atoms with Crippen molar-refractivity contribution in [2.45, 2.75) is 18.9 Å². The van der Waals surface area contributed by atoms with Crippen LogP contribution in [0.5, 0.6) is 11.5 Å². The van der Waals surface area contributed by atoms with E-state index in [2.05, 4.69) is 51.0 Å². The largest absolute Gasteiger partial charge is 0.493 e. The van der Waals surface area contributed by atoms with Crippen molar-refractivity contribution in [3.8, 4) is 11.5 Å². The summed E-state index contributed by atoms with van der Waals surface area (Å²) in [5, 5.41) is 9.98. The monoisotopic (exact) mass is 681 g/mol. The maximum Gasteiger partial charge on any atom is 0.337 e. The van der Waals surface area contributed by atoms with Gasteiger partial charge in [-0.1, -0.05) is 60.1 Å². The Hall–Kier alpha value is -4.49. The fourth-order valence-electron chi connectivity index (χ4n) is 5.24. The maximum atomic E-state index is 12.5. The third-order valence-corrected chi connectivity index (χ3v) is 7.90. The molecule has 1 fully saturated rings. The first-order valence-electron chi connectivity index (χ1n) is 15.7. The number of nitrogens with zero attached hydrogens (tertiary/aromatic N) is 3. The fraction of sp³-hybridized carbons (Fsp3) is 0.371. The molecule has 12 nitrogen and oxygen atoms in total. The van der Waals surface area contributed by atoms with Gasteiger partial charge >= 0.3 is 11.9 Å². The van der Waals surface area contributed by atoms with Gasteiger partial charge in [-0.3, -0.25) is 9.80 Å². The highest BCUT2D eigenvalue weighted by Gasteiger charge is 2.26. The first-order valence-corrected chi connectivity index (χ1v) is 16.1. The van der Waals surface area contributed by atoms with Crippen LogP contribution in [0.25, 0.3) is 6.08 Å². The fourth-order valence-corrected chi connectivity index (χ4v) is 5.37. The lowest BCUT2D eigenvalue weighted by Crippen LogP contribution is -2.48. The molecule has 3 aromatic rings. The highest BCUT2D eigenvalue weighted by molar-refractivity contribution is 6.30. The van der Waals surface area contributed by atoms with Crippen molar-refractivity contribution >= 4 is 29.6 Å². The Kier molecular flexibility index (Phi) is 14.7. The van der Waals surface area contributed by atoms with Gasteiger partial charge < -0.3 is 23.8 Å². The lowest BCUT2D eigenvalue weighted by atomic mass is 9.96. The highest BCUT2D eigenvalue weighted by Crippen LogP contribution is 2.31. The van der Waals surface area contributed by atoms with Crippen molar-refractivity contribution < 1.29 is 38.5 Å². The molecule has 1 saturated heterocycles. The molecule has 1 heterocycles. The van der Waals surface area contributed by atoms with Crippen LogP contribution in [0, 0.1) is 10.1 Å². The van der Waals surface area contributed by atoms with E-state index in [1.807, 2.05) is 18.2 Å². The van der Waals surface area contributed by atoms with Crippen molar-refractivity contribution in [2.24, 2.45) is 0 Å². The number of rotatable bonds is 18. The molecule has 0 radical (unpaired) electrons. The van der Waals surface area contributed by atoms with Gasteiger partial charge in [0.2, 0.25) is 0 Å². The molecule has 0 bridgehead atoms. The quantitative estimate of drug-likeness (QED) is 0.0437. The Labute approximate surface area is 284 Å². The van der Waals surface area contributed by atoms with Crippen molar-refractivity contribution in [1.29, 1.82) is 0 Å². The Bertz CT molecular complexity index is 1500. The summed E-state index contributed by atoms with van der Waals surface area (Å²) in [6.45, 7) is 4.47. The first kappa shape index (κ1) is 36.3. The van der Waals surface area contributed by atoms with Crippen LogP contribution in [-0.4, -0.2) is 93.1 Å². The molecular weight excluding hydrogens is 642 g/mol. The molecule has 1 aliphatic heterocycles. The third kappa shape index (κ3) is 11.9. The van der Waals surface area contributed by atoms with Crippen LogP contribution in [0.2, 0.25) is 5.02 Å². The number of unbranched alkanes of at least 4 members (excludes halogenated alkanes) is 1. The number of piperazine rings is 1. The molecule has 256 valence electrons. The van der Waals surface area contributed by atoms with Crippen molar-refractivity contribution in [3.05, 3.63) is 111 Å². The van der Waals surface area contributed by atoms with E-state index in [4.69, 9.17) is 30.5 Å². The van der Waals surface area contributed by atoms with Gasteiger partial charge in [-0.2, -0.15) is 0 Å². The molecule has 13 heteroatoms. The number of methoxy groups -OCH3 is 1. The number of hydrogen-bond acceptors (Lipinski definition) is 11. The molecule has 1 aliphatic rings. The standard InChI is InChI=1S/C35H40ClN3O9/c1-44-32-25-27(10-16-33(40)46-22-5-6-23-47-39(42)43)9-15-31(32)48-34(41)26-45-24-21-37-17-19-38(20-18-37)35(28-7-3-2-4-8-28)29-11-13-30(36)14-12-29/h2-4,7-16,25,35H,5-6,17-24,26H2,1H3/b16-10+. The predicted octanol–water partition coefficient (Wildman–Crippen LogP) is 5.22. The summed E-state index contributed by atoms with van der Waals surface area (Å²) in [7, 11) is 1.45. The minimum absolute atomic E-state index is 0.0515. The van der Waals surface area contributed by atoms with Crippen LogP contribution < -0.4 is 9.47 Å². The van der Waals surface area contributed by atoms with Gasteiger partial charge in [0.05, 0.1) is 33.0 Å². The topological polar surface area (TPSA) is 130 Å². The highest BCUT2D eigenvalue weighted by atomic mass is 35.5. The van der Waals surface area contributed by atoms with Crippen LogP contribution in [0.3, 0.4) is 0 Å². The van der Waals surface area contributed by atoms with Crippen LogP contribution in [0.1, 0.15) is 35.6 Å². The van der Waals surface area contributed by atoms with Crippen molar-refractivity contribution in [2.75, 3.05) is 66.3 Å². The number of halogens is 1. The molecule has 0 saturated carbocycles. The molecule has 48 heavy (non-hydrogen) atoms. The smallest absolute Gasteiger partial charge is 0.337 e. The van der Waals surface area contributed by atoms with E-state index in [9.17, 15) is 19.7 Å². The number of ether oxygens (including phenoxy) is 4. The predicted molar refractivity (Wildman–Crippen MR) is 179 cm³/mol. The minimum atomic E-state index is -0.862. The molecule has 1 unspecified atom stereocenters. The molecule has 1 atom stereocenters. The van der Waals surface area contributed by atoms with E-state index in [1.165, 1.54) is 30.4 Å². The first-order chi connectivity index (χ1) is 23.3. The Morgan fingerprint density at radius 1 is 0.917 bits per heavy atom. The number of hydrogen-bond donors (Lipinski definition) is 0. The third-order valence-electron chi connectivity index (χ3n) is 7.65. The van der Waals surface area contributed by atoms with E-state index in [0.29, 0.717) is 37.3 Å². The molecule has 0 aromatic heterocycles. The molecule has 0 aliphatic carbocycles. The van der Waals surface area contributed by atoms with Crippen LogP contribution >= 0.6 is 11.6 Å². The summed E-state index contributed by atoms with van der Waals surface area (Å²) in [4.78, 5) is 43.6. The summed E-state index contributed by atoms with van der Waals surface area (Å²) in [5.74, 6) is -0.572. The summed E-state index contributed by atoms with van der Waals surface area (Å²) >= 11 is 6.16. The molecular formula is C35H40ClN3O9. The van der Waals surface area contributed by atoms with Crippen molar-refractivity contribution in [3.63, 3.8) is 0 Å². The zero-order chi connectivity index (χ0) is 34.1. The summed E-state index contributed by atoms with van der Waals surface area (Å²) in [5.41, 5.74) is 3.08. The maximum absolute atomic E-state index is 12.5. The van der Waals surface area contributed by atoms with Gasteiger partial charge in [-0.05, 0) is 59.9 Å². The van der Waals surface area contributed by atoms with Crippen molar-refractivity contribution in [1.82, 2.24) is 9.80 Å². The number of carbonyl (C=O) groups is 2. The van der Waals surface area contributed by atoms with Gasteiger partial charge in [0.25, 0.3) is 5.09 Å². The molecule has 4 rings (SSSR count). The summed E-state index contributed by atoms with van der Waals surface area (Å²) in [6, 6.07) is 23.5. The van der Waals surface area contributed by atoms with Crippen LogP contribution in [0.4, 0.5) is 0 Å². The Morgan fingerprint density at radius 2 is 1.62 bits per heavy atom. The van der Waals surface area contributed by atoms with E-state index in [-0.39, 0.29) is 31.6 Å². The van der Waals surface area contributed by atoms with Crippen LogP contribution in [-0.2, 0) is 23.9 Å². The van der Waals surface area contributed by atoms with E-state index >= 15 is 0 Å². The SMILES string of the molecule is COc1cc(/C=C/C(=O)OCCCCO[N+](=O)[O-])ccc1OC(=O)COCCN1CCN(C(c2ccccc2)c2ccc(Cl)cc2)CC1. The summed E-state index contributed by atoms with van der Waals surface area (Å²) < 4.78 is 21.5. The number of esters is 2. The van der Waals surface area contributed by atoms with E-state index in [0.717, 1.165) is 31.2 Å². The lowest BCUT2D eigenvalue weighted by Gasteiger charge is -2.39. The van der Waals surface area contributed by atoms with E-state index < -0.39 is 17.0 Å².